The molecular weight excluding hydrogens is 386 g/mol. The van der Waals surface area contributed by atoms with Crippen molar-refractivity contribution in [3.05, 3.63) is 58.0 Å². The lowest BCUT2D eigenvalue weighted by atomic mass is 9.94. The summed E-state index contributed by atoms with van der Waals surface area (Å²) in [5.74, 6) is 0.573. The fourth-order valence-electron chi connectivity index (χ4n) is 3.70. The lowest BCUT2D eigenvalue weighted by molar-refractivity contribution is -0.0379. The van der Waals surface area contributed by atoms with Crippen LogP contribution < -0.4 is 5.32 Å². The second kappa shape index (κ2) is 6.60. The molecule has 0 radical (unpaired) electrons. The Morgan fingerprint density at radius 2 is 2.07 bits per heavy atom. The van der Waals surface area contributed by atoms with Crippen molar-refractivity contribution in [3.8, 4) is 0 Å². The number of hydrogen-bond donors (Lipinski definition) is 1. The van der Waals surface area contributed by atoms with Gasteiger partial charge in [0.25, 0.3) is 5.91 Å². The number of aromatic nitrogens is 4. The second-order valence-corrected chi connectivity index (χ2v) is 8.99. The van der Waals surface area contributed by atoms with Crippen molar-refractivity contribution in [2.75, 3.05) is 0 Å². The maximum Gasteiger partial charge on any atom is 0.291 e. The van der Waals surface area contributed by atoms with Crippen molar-refractivity contribution in [1.29, 1.82) is 0 Å². The van der Waals surface area contributed by atoms with Gasteiger partial charge < -0.3 is 10.1 Å². The molecule has 5 rings (SSSR count). The Bertz CT molecular complexity index is 1240. The lowest BCUT2D eigenvalue weighted by Crippen LogP contribution is -2.31. The van der Waals surface area contributed by atoms with E-state index in [1.807, 2.05) is 37.3 Å². The van der Waals surface area contributed by atoms with Crippen LogP contribution >= 0.6 is 11.3 Å². The van der Waals surface area contributed by atoms with Crippen molar-refractivity contribution < 1.29 is 9.53 Å². The van der Waals surface area contributed by atoms with E-state index < -0.39 is 0 Å². The van der Waals surface area contributed by atoms with Crippen molar-refractivity contribution in [3.63, 3.8) is 0 Å². The number of amides is 1. The van der Waals surface area contributed by atoms with Crippen molar-refractivity contribution in [2.45, 2.75) is 45.9 Å². The van der Waals surface area contributed by atoms with Gasteiger partial charge >= 0.3 is 0 Å². The Hall–Kier alpha value is -2.84. The zero-order chi connectivity index (χ0) is 20.2. The maximum absolute atomic E-state index is 12.7. The van der Waals surface area contributed by atoms with Gasteiger partial charge in [0, 0.05) is 17.8 Å². The number of carbonyl (C=O) groups excluding carboxylic acids is 1. The summed E-state index contributed by atoms with van der Waals surface area (Å²) in [5, 5.41) is 8.33. The van der Waals surface area contributed by atoms with Crippen LogP contribution in [0.2, 0.25) is 0 Å². The van der Waals surface area contributed by atoms with Crippen LogP contribution in [0.25, 0.3) is 15.9 Å². The summed E-state index contributed by atoms with van der Waals surface area (Å²) in [6, 6.07) is 9.78. The Balaban J connectivity index is 1.55. The number of thiophene rings is 1. The molecule has 29 heavy (non-hydrogen) atoms. The van der Waals surface area contributed by atoms with Crippen LogP contribution in [0.4, 0.5) is 0 Å². The summed E-state index contributed by atoms with van der Waals surface area (Å²) < 4.78 is 7.63. The monoisotopic (exact) mass is 407 g/mol. The Labute approximate surface area is 171 Å². The van der Waals surface area contributed by atoms with E-state index in [0.717, 1.165) is 22.2 Å². The Morgan fingerprint density at radius 3 is 2.86 bits per heavy atom. The first-order chi connectivity index (χ1) is 13.9. The van der Waals surface area contributed by atoms with Crippen LogP contribution in [0.15, 0.2) is 30.3 Å². The summed E-state index contributed by atoms with van der Waals surface area (Å²) >= 11 is 1.64. The van der Waals surface area contributed by atoms with E-state index in [4.69, 9.17) is 9.72 Å². The second-order valence-electron chi connectivity index (χ2n) is 7.91. The van der Waals surface area contributed by atoms with Crippen molar-refractivity contribution in [2.24, 2.45) is 0 Å². The zero-order valence-corrected chi connectivity index (χ0v) is 17.3. The van der Waals surface area contributed by atoms with E-state index >= 15 is 0 Å². The minimum Gasteiger partial charge on any atom is -0.370 e. The number of benzene rings is 1. The van der Waals surface area contributed by atoms with Crippen molar-refractivity contribution in [1.82, 2.24) is 24.9 Å². The molecule has 0 fully saturated rings. The highest BCUT2D eigenvalue weighted by molar-refractivity contribution is 7.19. The van der Waals surface area contributed by atoms with Crippen LogP contribution in [-0.4, -0.2) is 31.1 Å². The molecule has 8 heteroatoms. The maximum atomic E-state index is 12.7. The van der Waals surface area contributed by atoms with Gasteiger partial charge in [0.05, 0.1) is 17.6 Å². The molecule has 0 atom stereocenters. The third-order valence-corrected chi connectivity index (χ3v) is 6.27. The molecule has 0 bridgehead atoms. The number of hydrogen-bond acceptors (Lipinski definition) is 6. The van der Waals surface area contributed by atoms with Crippen LogP contribution in [0.1, 0.15) is 46.3 Å². The number of fused-ring (bicyclic) bond motifs is 5. The van der Waals surface area contributed by atoms with E-state index in [0.29, 0.717) is 24.6 Å². The van der Waals surface area contributed by atoms with Gasteiger partial charge in [-0.3, -0.25) is 4.79 Å². The third-order valence-electron chi connectivity index (χ3n) is 5.17. The highest BCUT2D eigenvalue weighted by Crippen LogP contribution is 2.39. The van der Waals surface area contributed by atoms with E-state index in [1.165, 1.54) is 10.4 Å². The quantitative estimate of drug-likeness (QED) is 0.563. The predicted molar refractivity (Wildman–Crippen MR) is 111 cm³/mol. The van der Waals surface area contributed by atoms with Gasteiger partial charge in [-0.25, -0.2) is 9.97 Å². The molecule has 3 aromatic heterocycles. The smallest absolute Gasteiger partial charge is 0.291 e. The summed E-state index contributed by atoms with van der Waals surface area (Å²) in [7, 11) is 0. The highest BCUT2D eigenvalue weighted by Gasteiger charge is 2.31. The number of nitrogens with one attached hydrogen (secondary N) is 1. The average molecular weight is 407 g/mol. The molecule has 1 aromatic carbocycles. The average Bonchev–Trinajstić information content (AvgIpc) is 3.28. The van der Waals surface area contributed by atoms with Crippen LogP contribution in [-0.2, 0) is 24.3 Å². The summed E-state index contributed by atoms with van der Waals surface area (Å²) in [6.07, 6.45) is 0.783. The molecule has 1 amide bonds. The van der Waals surface area contributed by atoms with E-state index in [1.54, 1.807) is 15.9 Å². The minimum atomic E-state index is -0.294. The molecule has 1 aliphatic heterocycles. The molecule has 1 aliphatic rings. The molecule has 4 heterocycles. The fraction of sp³-hybridized carbons (Fsp3) is 0.333. The van der Waals surface area contributed by atoms with Gasteiger partial charge in [-0.05, 0) is 31.9 Å². The van der Waals surface area contributed by atoms with Crippen molar-refractivity contribution >= 4 is 33.1 Å². The number of ether oxygens (including phenoxy) is 1. The molecule has 148 valence electrons. The first kappa shape index (κ1) is 18.2. The van der Waals surface area contributed by atoms with Gasteiger partial charge in [0.2, 0.25) is 5.82 Å². The molecular formula is C21H21N5O2S. The SMILES string of the molecule is Cc1nc2sc3c(c2c2nc(C(=O)NCc4ccccc4)nn12)CC(C)(C)OC3. The number of nitrogens with zero attached hydrogens (tertiary/aromatic N) is 4. The largest absolute Gasteiger partial charge is 0.370 e. The number of aryl methyl sites for hydroxylation is 1. The predicted octanol–water partition coefficient (Wildman–Crippen LogP) is 3.43. The van der Waals surface area contributed by atoms with Crippen LogP contribution in [0.3, 0.4) is 0 Å². The Kier molecular flexibility index (Phi) is 4.15. The molecule has 0 saturated carbocycles. The molecule has 0 aliphatic carbocycles. The molecule has 7 nitrogen and oxygen atoms in total. The number of rotatable bonds is 3. The molecule has 1 N–H and O–H groups in total. The molecule has 4 aromatic rings. The van der Waals surface area contributed by atoms with Gasteiger partial charge in [-0.15, -0.1) is 16.4 Å². The third kappa shape index (κ3) is 3.18. The van der Waals surface area contributed by atoms with Gasteiger partial charge in [0.15, 0.2) is 5.65 Å². The summed E-state index contributed by atoms with van der Waals surface area (Å²) in [5.41, 5.74) is 2.69. The first-order valence-electron chi connectivity index (χ1n) is 9.55. The summed E-state index contributed by atoms with van der Waals surface area (Å²) in [6.45, 7) is 7.06. The molecule has 0 spiro atoms. The lowest BCUT2D eigenvalue weighted by Gasteiger charge is -2.30. The van der Waals surface area contributed by atoms with E-state index in [-0.39, 0.29) is 17.3 Å². The standard InChI is InChI=1S/C21H21N5O2S/c1-12-23-20-16(14-9-21(2,3)28-11-15(14)29-20)18-24-17(25-26(12)18)19(27)22-10-13-7-5-4-6-8-13/h4-8H,9-11H2,1-3H3,(H,22,27). The van der Waals surface area contributed by atoms with Gasteiger partial charge in [-0.2, -0.15) is 4.52 Å². The minimum absolute atomic E-state index is 0.157. The Morgan fingerprint density at radius 1 is 1.28 bits per heavy atom. The highest BCUT2D eigenvalue weighted by atomic mass is 32.1. The van der Waals surface area contributed by atoms with Gasteiger partial charge in [-0.1, -0.05) is 30.3 Å². The van der Waals surface area contributed by atoms with E-state index in [2.05, 4.69) is 29.2 Å². The van der Waals surface area contributed by atoms with Crippen LogP contribution in [0.5, 0.6) is 0 Å². The molecule has 0 unspecified atom stereocenters. The zero-order valence-electron chi connectivity index (χ0n) is 16.5. The number of carbonyl (C=O) groups is 1. The summed E-state index contributed by atoms with van der Waals surface area (Å²) in [4.78, 5) is 24.1. The normalized spacial score (nSPS) is 15.6. The molecule has 0 saturated heterocycles. The van der Waals surface area contributed by atoms with Gasteiger partial charge in [0.1, 0.15) is 10.7 Å². The first-order valence-corrected chi connectivity index (χ1v) is 10.4. The topological polar surface area (TPSA) is 81.4 Å². The van der Waals surface area contributed by atoms with Crippen LogP contribution in [0, 0.1) is 6.92 Å². The fourth-order valence-corrected chi connectivity index (χ4v) is 4.84. The van der Waals surface area contributed by atoms with E-state index in [9.17, 15) is 4.79 Å².